The van der Waals surface area contributed by atoms with Gasteiger partial charge in [-0.15, -0.1) is 0 Å². The molecule has 1 N–H and O–H groups in total. The summed E-state index contributed by atoms with van der Waals surface area (Å²) in [5.41, 5.74) is 1.27. The first kappa shape index (κ1) is 9.81. The summed E-state index contributed by atoms with van der Waals surface area (Å²) in [6.45, 7) is 5.43. The highest BCUT2D eigenvalue weighted by Crippen LogP contribution is 2.20. The number of nitrogens with zero attached hydrogens (tertiary/aromatic N) is 1. The van der Waals surface area contributed by atoms with Gasteiger partial charge in [0.15, 0.2) is 0 Å². The van der Waals surface area contributed by atoms with Crippen LogP contribution >= 0.6 is 11.6 Å². The Kier molecular flexibility index (Phi) is 2.94. The van der Waals surface area contributed by atoms with E-state index in [0.717, 1.165) is 24.7 Å². The Balaban J connectivity index is 2.16. The van der Waals surface area contributed by atoms with E-state index in [1.165, 1.54) is 5.69 Å². The molecule has 1 aromatic carbocycles. The SMILES string of the molecule is C[C@@H]1CNCCN1c1ccc(Cl)cc1. The molecular formula is C11H15ClN2. The molecule has 0 bridgehead atoms. The van der Waals surface area contributed by atoms with E-state index < -0.39 is 0 Å². The molecular weight excluding hydrogens is 196 g/mol. The van der Waals surface area contributed by atoms with E-state index in [1.807, 2.05) is 12.1 Å². The molecule has 2 nitrogen and oxygen atoms in total. The Bertz CT molecular complexity index is 297. The van der Waals surface area contributed by atoms with Crippen LogP contribution in [-0.4, -0.2) is 25.7 Å². The summed E-state index contributed by atoms with van der Waals surface area (Å²) in [6, 6.07) is 8.64. The molecule has 1 saturated heterocycles. The third kappa shape index (κ3) is 2.02. The van der Waals surface area contributed by atoms with Gasteiger partial charge in [-0.2, -0.15) is 0 Å². The Morgan fingerprint density at radius 2 is 2.07 bits per heavy atom. The zero-order valence-electron chi connectivity index (χ0n) is 8.33. The van der Waals surface area contributed by atoms with Crippen molar-refractivity contribution in [2.45, 2.75) is 13.0 Å². The van der Waals surface area contributed by atoms with E-state index in [4.69, 9.17) is 11.6 Å². The van der Waals surface area contributed by atoms with Crippen molar-refractivity contribution in [3.05, 3.63) is 29.3 Å². The minimum absolute atomic E-state index is 0.560. The summed E-state index contributed by atoms with van der Waals surface area (Å²) < 4.78 is 0. The normalized spacial score (nSPS) is 22.4. The number of nitrogens with one attached hydrogen (secondary N) is 1. The fraction of sp³-hybridized carbons (Fsp3) is 0.455. The topological polar surface area (TPSA) is 15.3 Å². The first-order chi connectivity index (χ1) is 6.77. The fourth-order valence-corrected chi connectivity index (χ4v) is 1.98. The molecule has 1 fully saturated rings. The third-order valence-corrected chi connectivity index (χ3v) is 2.91. The summed E-state index contributed by atoms with van der Waals surface area (Å²) in [5.74, 6) is 0. The van der Waals surface area contributed by atoms with E-state index >= 15 is 0 Å². The summed E-state index contributed by atoms with van der Waals surface area (Å²) in [4.78, 5) is 2.41. The van der Waals surface area contributed by atoms with Crippen LogP contribution in [0.4, 0.5) is 5.69 Å². The van der Waals surface area contributed by atoms with E-state index in [1.54, 1.807) is 0 Å². The lowest BCUT2D eigenvalue weighted by molar-refractivity contribution is 0.501. The van der Waals surface area contributed by atoms with E-state index in [2.05, 4.69) is 29.3 Å². The second-order valence-corrected chi connectivity index (χ2v) is 4.16. The Morgan fingerprint density at radius 1 is 1.36 bits per heavy atom. The van der Waals surface area contributed by atoms with Gasteiger partial charge in [0.05, 0.1) is 0 Å². The number of hydrogen-bond donors (Lipinski definition) is 1. The first-order valence-electron chi connectivity index (χ1n) is 5.00. The van der Waals surface area contributed by atoms with Crippen molar-refractivity contribution in [1.29, 1.82) is 0 Å². The van der Waals surface area contributed by atoms with Crippen LogP contribution in [0.5, 0.6) is 0 Å². The molecule has 14 heavy (non-hydrogen) atoms. The van der Waals surface area contributed by atoms with E-state index in [-0.39, 0.29) is 0 Å². The molecule has 1 heterocycles. The molecule has 0 spiro atoms. The molecule has 0 saturated carbocycles. The highest BCUT2D eigenvalue weighted by Gasteiger charge is 2.17. The van der Waals surface area contributed by atoms with Gasteiger partial charge in [-0.05, 0) is 31.2 Å². The van der Waals surface area contributed by atoms with Crippen molar-refractivity contribution in [1.82, 2.24) is 5.32 Å². The van der Waals surface area contributed by atoms with E-state index in [9.17, 15) is 0 Å². The highest BCUT2D eigenvalue weighted by atomic mass is 35.5. The van der Waals surface area contributed by atoms with Gasteiger partial charge in [-0.1, -0.05) is 11.6 Å². The van der Waals surface area contributed by atoms with Gasteiger partial charge in [-0.3, -0.25) is 0 Å². The quantitative estimate of drug-likeness (QED) is 0.764. The lowest BCUT2D eigenvalue weighted by atomic mass is 10.2. The van der Waals surface area contributed by atoms with Crippen molar-refractivity contribution >= 4 is 17.3 Å². The number of benzene rings is 1. The maximum absolute atomic E-state index is 5.86. The van der Waals surface area contributed by atoms with Crippen molar-refractivity contribution in [2.24, 2.45) is 0 Å². The van der Waals surface area contributed by atoms with Crippen molar-refractivity contribution in [3.63, 3.8) is 0 Å². The molecule has 2 rings (SSSR count). The van der Waals surface area contributed by atoms with Crippen LogP contribution in [0.25, 0.3) is 0 Å². The van der Waals surface area contributed by atoms with Gasteiger partial charge < -0.3 is 10.2 Å². The lowest BCUT2D eigenvalue weighted by Crippen LogP contribution is -2.49. The van der Waals surface area contributed by atoms with Crippen LogP contribution in [0.3, 0.4) is 0 Å². The van der Waals surface area contributed by atoms with Crippen LogP contribution in [0.2, 0.25) is 5.02 Å². The second kappa shape index (κ2) is 4.20. The van der Waals surface area contributed by atoms with Crippen molar-refractivity contribution < 1.29 is 0 Å². The monoisotopic (exact) mass is 210 g/mol. The van der Waals surface area contributed by atoms with Gasteiger partial charge in [0.25, 0.3) is 0 Å². The fourth-order valence-electron chi connectivity index (χ4n) is 1.86. The zero-order chi connectivity index (χ0) is 9.97. The molecule has 0 unspecified atom stereocenters. The predicted octanol–water partition coefficient (Wildman–Crippen LogP) is 2.14. The van der Waals surface area contributed by atoms with Gasteiger partial charge in [-0.25, -0.2) is 0 Å². The molecule has 0 radical (unpaired) electrons. The largest absolute Gasteiger partial charge is 0.366 e. The summed E-state index contributed by atoms with van der Waals surface area (Å²) in [5, 5.41) is 4.18. The van der Waals surface area contributed by atoms with Crippen LogP contribution in [-0.2, 0) is 0 Å². The molecule has 0 aliphatic carbocycles. The zero-order valence-corrected chi connectivity index (χ0v) is 9.09. The van der Waals surface area contributed by atoms with Crippen LogP contribution in [0.1, 0.15) is 6.92 Å². The highest BCUT2D eigenvalue weighted by molar-refractivity contribution is 6.30. The number of hydrogen-bond acceptors (Lipinski definition) is 2. The molecule has 3 heteroatoms. The maximum atomic E-state index is 5.86. The average molecular weight is 211 g/mol. The van der Waals surface area contributed by atoms with Gasteiger partial charge in [0.2, 0.25) is 0 Å². The smallest absolute Gasteiger partial charge is 0.0407 e. The minimum Gasteiger partial charge on any atom is -0.366 e. The number of rotatable bonds is 1. The van der Waals surface area contributed by atoms with Gasteiger partial charge >= 0.3 is 0 Å². The molecule has 0 amide bonds. The lowest BCUT2D eigenvalue weighted by Gasteiger charge is -2.35. The van der Waals surface area contributed by atoms with Crippen molar-refractivity contribution in [3.8, 4) is 0 Å². The Hall–Kier alpha value is -0.730. The van der Waals surface area contributed by atoms with Gasteiger partial charge in [0.1, 0.15) is 0 Å². The first-order valence-corrected chi connectivity index (χ1v) is 5.38. The molecule has 1 aromatic rings. The molecule has 76 valence electrons. The summed E-state index contributed by atoms with van der Waals surface area (Å²) in [7, 11) is 0. The minimum atomic E-state index is 0.560. The number of anilines is 1. The maximum Gasteiger partial charge on any atom is 0.0407 e. The van der Waals surface area contributed by atoms with E-state index in [0.29, 0.717) is 6.04 Å². The molecule has 1 atom stereocenters. The summed E-state index contributed by atoms with van der Waals surface area (Å²) in [6.07, 6.45) is 0. The third-order valence-electron chi connectivity index (χ3n) is 2.66. The van der Waals surface area contributed by atoms with Crippen LogP contribution < -0.4 is 10.2 Å². The molecule has 1 aliphatic heterocycles. The number of halogens is 1. The second-order valence-electron chi connectivity index (χ2n) is 3.72. The van der Waals surface area contributed by atoms with Crippen LogP contribution in [0.15, 0.2) is 24.3 Å². The van der Waals surface area contributed by atoms with Crippen molar-refractivity contribution in [2.75, 3.05) is 24.5 Å². The number of piperazine rings is 1. The Labute approximate surface area is 89.9 Å². The Morgan fingerprint density at radius 3 is 2.71 bits per heavy atom. The molecule has 0 aromatic heterocycles. The average Bonchev–Trinajstić information content (AvgIpc) is 2.20. The summed E-state index contributed by atoms with van der Waals surface area (Å²) >= 11 is 5.86. The molecule has 1 aliphatic rings. The standard InChI is InChI=1S/C11H15ClN2/c1-9-8-13-6-7-14(9)11-4-2-10(12)3-5-11/h2-5,9,13H,6-8H2,1H3/t9-/m1/s1. The van der Waals surface area contributed by atoms with Gasteiger partial charge in [0, 0.05) is 36.4 Å². The van der Waals surface area contributed by atoms with Crippen LogP contribution in [0, 0.1) is 0 Å². The predicted molar refractivity (Wildman–Crippen MR) is 61.1 cm³/mol.